The van der Waals surface area contributed by atoms with Crippen LogP contribution < -0.4 is 0 Å². The molecule has 0 bridgehead atoms. The Morgan fingerprint density at radius 1 is 0.742 bits per heavy atom. The summed E-state index contributed by atoms with van der Waals surface area (Å²) in [6.45, 7) is 22.3. The summed E-state index contributed by atoms with van der Waals surface area (Å²) in [6.07, 6.45) is 13.4. The summed E-state index contributed by atoms with van der Waals surface area (Å²) in [5.74, 6) is 3.98. The zero-order chi connectivity index (χ0) is 22.6. The lowest BCUT2D eigenvalue weighted by Gasteiger charge is -2.73. The molecule has 5 aliphatic rings. The normalized spacial score (nSPS) is 57.9. The van der Waals surface area contributed by atoms with Gasteiger partial charge in [0.25, 0.3) is 0 Å². The number of hydrogen-bond donors (Lipinski definition) is 1. The van der Waals surface area contributed by atoms with Crippen molar-refractivity contribution in [1.29, 1.82) is 0 Å². The molecule has 0 saturated heterocycles. The monoisotopic (exact) mass is 426 g/mol. The predicted molar refractivity (Wildman–Crippen MR) is 131 cm³/mol. The second kappa shape index (κ2) is 6.64. The number of hydrogen-bond acceptors (Lipinski definition) is 1. The molecule has 0 amide bonds. The molecule has 10 atom stereocenters. The molecule has 176 valence electrons. The standard InChI is InChI=1S/C30H50O/c1-19(2)20-11-14-27(5)17-18-29(7)21(25(20)27)9-10-23-28(6)15-13-24(31)26(3,4)22(28)12-16-30(23,29)8/h20-25,31H,1,9-18H2,2-8H3/t20-,21+,22?,23?,24-,25?,27+,28-,29+,30+/m0/s1. The Morgan fingerprint density at radius 2 is 1.45 bits per heavy atom. The highest BCUT2D eigenvalue weighted by atomic mass is 16.3. The fourth-order valence-corrected chi connectivity index (χ4v) is 11.5. The van der Waals surface area contributed by atoms with Crippen LogP contribution in [0.2, 0.25) is 0 Å². The maximum atomic E-state index is 10.9. The van der Waals surface area contributed by atoms with E-state index in [1.807, 2.05) is 0 Å². The Hall–Kier alpha value is -0.300. The minimum absolute atomic E-state index is 0.0632. The van der Waals surface area contributed by atoms with Crippen LogP contribution in [0, 0.1) is 56.7 Å². The average molecular weight is 427 g/mol. The van der Waals surface area contributed by atoms with Crippen molar-refractivity contribution in [1.82, 2.24) is 0 Å². The van der Waals surface area contributed by atoms with Gasteiger partial charge < -0.3 is 5.11 Å². The quantitative estimate of drug-likeness (QED) is 0.421. The lowest BCUT2D eigenvalue weighted by atomic mass is 9.32. The van der Waals surface area contributed by atoms with Crippen LogP contribution >= 0.6 is 0 Å². The molecular formula is C30H50O. The first-order chi connectivity index (χ1) is 14.3. The van der Waals surface area contributed by atoms with Crippen LogP contribution in [-0.4, -0.2) is 11.2 Å². The van der Waals surface area contributed by atoms with Crippen molar-refractivity contribution in [2.24, 2.45) is 56.7 Å². The molecule has 1 heteroatoms. The molecule has 0 aromatic rings. The summed E-state index contributed by atoms with van der Waals surface area (Å²) in [4.78, 5) is 0. The van der Waals surface area contributed by atoms with Crippen molar-refractivity contribution in [3.05, 3.63) is 12.2 Å². The topological polar surface area (TPSA) is 20.2 Å². The molecule has 0 aromatic carbocycles. The summed E-state index contributed by atoms with van der Waals surface area (Å²) in [5.41, 5.74) is 3.38. The van der Waals surface area contributed by atoms with Gasteiger partial charge in [0.1, 0.15) is 0 Å². The number of fused-ring (bicyclic) bond motifs is 7. The SMILES string of the molecule is C=C(C)[C@@H]1CC[C@]2(C)CC[C@]3(C)[C@H](CCC4[C@@]5(C)CC[C@H](O)C(C)(C)C5CC[C@]43C)C12. The first kappa shape index (κ1) is 22.5. The maximum absolute atomic E-state index is 10.9. The van der Waals surface area contributed by atoms with E-state index in [9.17, 15) is 5.11 Å². The summed E-state index contributed by atoms with van der Waals surface area (Å²) < 4.78 is 0. The van der Waals surface area contributed by atoms with Crippen molar-refractivity contribution in [2.45, 2.75) is 119 Å². The summed E-state index contributed by atoms with van der Waals surface area (Å²) in [5, 5.41) is 10.9. The molecule has 0 radical (unpaired) electrons. The van der Waals surface area contributed by atoms with Gasteiger partial charge in [-0.1, -0.05) is 53.7 Å². The van der Waals surface area contributed by atoms with Gasteiger partial charge in [0, 0.05) is 0 Å². The van der Waals surface area contributed by atoms with Gasteiger partial charge in [0.2, 0.25) is 0 Å². The summed E-state index contributed by atoms with van der Waals surface area (Å²) in [6, 6.07) is 0. The van der Waals surface area contributed by atoms with Gasteiger partial charge in [-0.15, -0.1) is 0 Å². The average Bonchev–Trinajstić information content (AvgIpc) is 3.04. The van der Waals surface area contributed by atoms with Gasteiger partial charge in [0.05, 0.1) is 6.10 Å². The van der Waals surface area contributed by atoms with E-state index in [4.69, 9.17) is 0 Å². The molecule has 0 aromatic heterocycles. The van der Waals surface area contributed by atoms with Gasteiger partial charge in [-0.3, -0.25) is 0 Å². The van der Waals surface area contributed by atoms with Gasteiger partial charge in [0.15, 0.2) is 0 Å². The number of allylic oxidation sites excluding steroid dienone is 1. The largest absolute Gasteiger partial charge is 0.393 e. The smallest absolute Gasteiger partial charge is 0.0594 e. The molecule has 5 saturated carbocycles. The van der Waals surface area contributed by atoms with Crippen molar-refractivity contribution in [3.63, 3.8) is 0 Å². The Kier molecular flexibility index (Phi) is 4.82. The van der Waals surface area contributed by atoms with Crippen molar-refractivity contribution < 1.29 is 5.11 Å². The molecule has 0 aliphatic heterocycles. The minimum Gasteiger partial charge on any atom is -0.393 e. The van der Waals surface area contributed by atoms with Crippen LogP contribution in [0.4, 0.5) is 0 Å². The lowest BCUT2D eigenvalue weighted by Crippen LogP contribution is -2.66. The third-order valence-electron chi connectivity index (χ3n) is 13.5. The first-order valence-corrected chi connectivity index (χ1v) is 13.6. The zero-order valence-corrected chi connectivity index (χ0v) is 21.7. The third kappa shape index (κ3) is 2.65. The Morgan fingerprint density at radius 3 is 2.13 bits per heavy atom. The van der Waals surface area contributed by atoms with Gasteiger partial charge in [-0.2, -0.15) is 0 Å². The second-order valence-electron chi connectivity index (χ2n) is 14.7. The van der Waals surface area contributed by atoms with E-state index < -0.39 is 0 Å². The van der Waals surface area contributed by atoms with Crippen LogP contribution in [0.3, 0.4) is 0 Å². The molecule has 5 fully saturated rings. The van der Waals surface area contributed by atoms with Gasteiger partial charge in [-0.05, 0) is 128 Å². The van der Waals surface area contributed by atoms with E-state index in [0.29, 0.717) is 27.6 Å². The zero-order valence-electron chi connectivity index (χ0n) is 21.7. The number of aliphatic hydroxyl groups is 1. The van der Waals surface area contributed by atoms with E-state index in [-0.39, 0.29) is 11.5 Å². The Bertz CT molecular complexity index is 766. The van der Waals surface area contributed by atoms with Gasteiger partial charge in [-0.25, -0.2) is 0 Å². The molecular weight excluding hydrogens is 376 g/mol. The van der Waals surface area contributed by atoms with E-state index in [1.165, 1.54) is 63.4 Å². The van der Waals surface area contributed by atoms with E-state index >= 15 is 0 Å². The number of rotatable bonds is 1. The summed E-state index contributed by atoms with van der Waals surface area (Å²) >= 11 is 0. The molecule has 5 rings (SSSR count). The molecule has 0 spiro atoms. The van der Waals surface area contributed by atoms with Crippen LogP contribution in [0.5, 0.6) is 0 Å². The molecule has 31 heavy (non-hydrogen) atoms. The van der Waals surface area contributed by atoms with Crippen LogP contribution in [-0.2, 0) is 0 Å². The molecule has 1 N–H and O–H groups in total. The Labute approximate surface area is 192 Å². The fraction of sp³-hybridized carbons (Fsp3) is 0.933. The van der Waals surface area contributed by atoms with Gasteiger partial charge >= 0.3 is 0 Å². The highest BCUT2D eigenvalue weighted by Gasteiger charge is 2.70. The molecule has 0 heterocycles. The maximum Gasteiger partial charge on any atom is 0.0594 e. The fourth-order valence-electron chi connectivity index (χ4n) is 11.5. The van der Waals surface area contributed by atoms with E-state index in [1.54, 1.807) is 0 Å². The lowest BCUT2D eigenvalue weighted by molar-refractivity contribution is -0.246. The van der Waals surface area contributed by atoms with Crippen molar-refractivity contribution >= 4 is 0 Å². The van der Waals surface area contributed by atoms with Crippen molar-refractivity contribution in [2.75, 3.05) is 0 Å². The van der Waals surface area contributed by atoms with Crippen molar-refractivity contribution in [3.8, 4) is 0 Å². The van der Waals surface area contributed by atoms with Crippen LogP contribution in [0.25, 0.3) is 0 Å². The second-order valence-corrected chi connectivity index (χ2v) is 14.7. The third-order valence-corrected chi connectivity index (χ3v) is 13.5. The van der Waals surface area contributed by atoms with Crippen LogP contribution in [0.15, 0.2) is 12.2 Å². The molecule has 5 aliphatic carbocycles. The molecule has 1 nitrogen and oxygen atoms in total. The summed E-state index contributed by atoms with van der Waals surface area (Å²) in [7, 11) is 0. The van der Waals surface area contributed by atoms with E-state index in [0.717, 1.165) is 30.1 Å². The Balaban J connectivity index is 1.54. The van der Waals surface area contributed by atoms with Crippen LogP contribution in [0.1, 0.15) is 113 Å². The van der Waals surface area contributed by atoms with E-state index in [2.05, 4.69) is 55.0 Å². The highest BCUT2D eigenvalue weighted by molar-refractivity contribution is 5.21. The molecule has 3 unspecified atom stereocenters. The number of aliphatic hydroxyl groups excluding tert-OH is 1. The highest BCUT2D eigenvalue weighted by Crippen LogP contribution is 2.77. The minimum atomic E-state index is -0.118. The first-order valence-electron chi connectivity index (χ1n) is 13.6. The predicted octanol–water partition coefficient (Wildman–Crippen LogP) is 8.02.